The zero-order valence-electron chi connectivity index (χ0n) is 11.7. The van der Waals surface area contributed by atoms with Gasteiger partial charge in [0.05, 0.1) is 5.41 Å². The van der Waals surface area contributed by atoms with Gasteiger partial charge in [-0.1, -0.05) is 12.8 Å². The number of hydrogen-bond acceptors (Lipinski definition) is 3. The van der Waals surface area contributed by atoms with E-state index in [1.165, 1.54) is 0 Å². The number of nitrogens with two attached hydrogens (primary N) is 1. The molecule has 1 saturated carbocycles. The van der Waals surface area contributed by atoms with Crippen LogP contribution in [-0.4, -0.2) is 43.0 Å². The van der Waals surface area contributed by atoms with Crippen molar-refractivity contribution < 1.29 is 4.79 Å². The van der Waals surface area contributed by atoms with Gasteiger partial charge < -0.3 is 16.0 Å². The Labute approximate surface area is 110 Å². The van der Waals surface area contributed by atoms with E-state index >= 15 is 0 Å². The van der Waals surface area contributed by atoms with Crippen molar-refractivity contribution in [1.29, 1.82) is 0 Å². The van der Waals surface area contributed by atoms with E-state index in [0.717, 1.165) is 45.1 Å². The summed E-state index contributed by atoms with van der Waals surface area (Å²) in [4.78, 5) is 14.8. The summed E-state index contributed by atoms with van der Waals surface area (Å²) in [5, 5.41) is 3.26. The van der Waals surface area contributed by atoms with Crippen molar-refractivity contribution in [3.63, 3.8) is 0 Å². The van der Waals surface area contributed by atoms with Crippen LogP contribution in [0.1, 0.15) is 45.4 Å². The monoisotopic (exact) mass is 253 g/mol. The maximum atomic E-state index is 12.5. The summed E-state index contributed by atoms with van der Waals surface area (Å²) in [6.45, 7) is 3.80. The van der Waals surface area contributed by atoms with Gasteiger partial charge in [0, 0.05) is 25.2 Å². The molecule has 0 aromatic carbocycles. The number of nitrogens with zero attached hydrogens (tertiary/aromatic N) is 1. The van der Waals surface area contributed by atoms with E-state index in [1.54, 1.807) is 0 Å². The molecule has 2 rings (SSSR count). The molecular weight excluding hydrogens is 226 g/mol. The highest BCUT2D eigenvalue weighted by Crippen LogP contribution is 2.37. The second-order valence-corrected chi connectivity index (χ2v) is 6.22. The molecule has 4 nitrogen and oxygen atoms in total. The van der Waals surface area contributed by atoms with Gasteiger partial charge in [-0.2, -0.15) is 0 Å². The summed E-state index contributed by atoms with van der Waals surface area (Å²) < 4.78 is 0. The van der Waals surface area contributed by atoms with Gasteiger partial charge in [0.15, 0.2) is 0 Å². The van der Waals surface area contributed by atoms with Gasteiger partial charge in [-0.3, -0.25) is 4.79 Å². The number of piperidine rings is 1. The van der Waals surface area contributed by atoms with Gasteiger partial charge in [-0.05, 0) is 39.7 Å². The van der Waals surface area contributed by atoms with E-state index in [4.69, 9.17) is 5.73 Å². The van der Waals surface area contributed by atoms with Gasteiger partial charge >= 0.3 is 0 Å². The minimum atomic E-state index is -0.257. The van der Waals surface area contributed by atoms with Crippen molar-refractivity contribution >= 4 is 5.91 Å². The SMILES string of the molecule is CC1CC(NC(=O)C2(CN)CCCC2)CCN1C. The molecule has 0 bridgehead atoms. The van der Waals surface area contributed by atoms with Crippen LogP contribution >= 0.6 is 0 Å². The van der Waals surface area contributed by atoms with Gasteiger partial charge in [-0.25, -0.2) is 0 Å². The Hall–Kier alpha value is -0.610. The molecule has 2 fully saturated rings. The highest BCUT2D eigenvalue weighted by molar-refractivity contribution is 5.83. The zero-order chi connectivity index (χ0) is 13.2. The molecule has 1 amide bonds. The first kappa shape index (κ1) is 13.8. The van der Waals surface area contributed by atoms with Crippen LogP contribution in [0.5, 0.6) is 0 Å². The minimum Gasteiger partial charge on any atom is -0.353 e. The first-order valence-corrected chi connectivity index (χ1v) is 7.29. The van der Waals surface area contributed by atoms with Crippen molar-refractivity contribution in [3.05, 3.63) is 0 Å². The normalized spacial score (nSPS) is 32.4. The topological polar surface area (TPSA) is 58.4 Å². The van der Waals surface area contributed by atoms with Crippen LogP contribution in [-0.2, 0) is 4.79 Å². The molecular formula is C14H27N3O. The molecule has 2 unspecified atom stereocenters. The first-order valence-electron chi connectivity index (χ1n) is 7.29. The smallest absolute Gasteiger partial charge is 0.227 e. The van der Waals surface area contributed by atoms with E-state index in [-0.39, 0.29) is 11.3 Å². The fraction of sp³-hybridized carbons (Fsp3) is 0.929. The molecule has 1 saturated heterocycles. The van der Waals surface area contributed by atoms with Crippen LogP contribution in [0.15, 0.2) is 0 Å². The van der Waals surface area contributed by atoms with E-state index in [9.17, 15) is 4.79 Å². The lowest BCUT2D eigenvalue weighted by Crippen LogP contribution is -2.52. The van der Waals surface area contributed by atoms with Gasteiger partial charge in [0.1, 0.15) is 0 Å². The molecule has 1 aliphatic heterocycles. The molecule has 0 aromatic heterocycles. The molecule has 0 spiro atoms. The summed E-state index contributed by atoms with van der Waals surface area (Å²) in [5.41, 5.74) is 5.60. The molecule has 3 N–H and O–H groups in total. The summed E-state index contributed by atoms with van der Waals surface area (Å²) in [6, 6.07) is 0.897. The standard InChI is InChI=1S/C14H27N3O/c1-11-9-12(5-8-17(11)2)16-13(18)14(10-15)6-3-4-7-14/h11-12H,3-10,15H2,1-2H3,(H,16,18). The van der Waals surface area contributed by atoms with Crippen molar-refractivity contribution in [2.24, 2.45) is 11.1 Å². The Morgan fingerprint density at radius 2 is 2.11 bits per heavy atom. The van der Waals surface area contributed by atoms with Crippen LogP contribution in [0.3, 0.4) is 0 Å². The number of likely N-dealkylation sites (tertiary alicyclic amines) is 1. The van der Waals surface area contributed by atoms with E-state index in [2.05, 4.69) is 24.2 Å². The maximum absolute atomic E-state index is 12.5. The van der Waals surface area contributed by atoms with Crippen LogP contribution in [0.4, 0.5) is 0 Å². The number of carbonyl (C=O) groups excluding carboxylic acids is 1. The van der Waals surface area contributed by atoms with Crippen molar-refractivity contribution in [2.45, 2.75) is 57.5 Å². The highest BCUT2D eigenvalue weighted by Gasteiger charge is 2.40. The lowest BCUT2D eigenvalue weighted by Gasteiger charge is -2.37. The second-order valence-electron chi connectivity index (χ2n) is 6.22. The Bertz CT molecular complexity index is 299. The fourth-order valence-corrected chi connectivity index (χ4v) is 3.33. The zero-order valence-corrected chi connectivity index (χ0v) is 11.7. The summed E-state index contributed by atoms with van der Waals surface area (Å²) in [7, 11) is 2.15. The second kappa shape index (κ2) is 5.57. The maximum Gasteiger partial charge on any atom is 0.227 e. The average molecular weight is 253 g/mol. The first-order chi connectivity index (χ1) is 8.57. The van der Waals surface area contributed by atoms with E-state index < -0.39 is 0 Å². The molecule has 18 heavy (non-hydrogen) atoms. The number of amides is 1. The lowest BCUT2D eigenvalue weighted by atomic mass is 9.84. The Balaban J connectivity index is 1.91. The van der Waals surface area contributed by atoms with Crippen molar-refractivity contribution in [2.75, 3.05) is 20.1 Å². The minimum absolute atomic E-state index is 0.212. The molecule has 0 radical (unpaired) electrons. The van der Waals surface area contributed by atoms with Crippen LogP contribution < -0.4 is 11.1 Å². The van der Waals surface area contributed by atoms with Gasteiger partial charge in [0.25, 0.3) is 0 Å². The predicted molar refractivity (Wildman–Crippen MR) is 73.2 cm³/mol. The number of rotatable bonds is 3. The van der Waals surface area contributed by atoms with Crippen molar-refractivity contribution in [1.82, 2.24) is 10.2 Å². The third-order valence-electron chi connectivity index (χ3n) is 4.98. The molecule has 1 heterocycles. The average Bonchev–Trinajstić information content (AvgIpc) is 2.84. The molecule has 0 aromatic rings. The predicted octanol–water partition coefficient (Wildman–Crippen LogP) is 1.10. The third kappa shape index (κ3) is 2.69. The summed E-state index contributed by atoms with van der Waals surface area (Å²) in [5.74, 6) is 0.212. The largest absolute Gasteiger partial charge is 0.353 e. The molecule has 2 aliphatic rings. The Morgan fingerprint density at radius 3 is 2.67 bits per heavy atom. The van der Waals surface area contributed by atoms with Crippen molar-refractivity contribution in [3.8, 4) is 0 Å². The van der Waals surface area contributed by atoms with Crippen LogP contribution in [0.2, 0.25) is 0 Å². The van der Waals surface area contributed by atoms with Crippen LogP contribution in [0, 0.1) is 5.41 Å². The molecule has 2 atom stereocenters. The van der Waals surface area contributed by atoms with E-state index in [1.807, 2.05) is 0 Å². The lowest BCUT2D eigenvalue weighted by molar-refractivity contribution is -0.131. The molecule has 104 valence electrons. The van der Waals surface area contributed by atoms with E-state index in [0.29, 0.717) is 18.6 Å². The summed E-state index contributed by atoms with van der Waals surface area (Å²) >= 11 is 0. The Kier molecular flexibility index (Phi) is 4.28. The number of nitrogens with one attached hydrogen (secondary N) is 1. The molecule has 4 heteroatoms. The fourth-order valence-electron chi connectivity index (χ4n) is 3.33. The third-order valence-corrected chi connectivity index (χ3v) is 4.98. The quantitative estimate of drug-likeness (QED) is 0.792. The number of hydrogen-bond donors (Lipinski definition) is 2. The summed E-state index contributed by atoms with van der Waals surface area (Å²) in [6.07, 6.45) is 6.36. The van der Waals surface area contributed by atoms with Gasteiger partial charge in [-0.15, -0.1) is 0 Å². The highest BCUT2D eigenvalue weighted by atomic mass is 16.2. The Morgan fingerprint density at radius 1 is 1.44 bits per heavy atom. The van der Waals surface area contributed by atoms with Gasteiger partial charge in [0.2, 0.25) is 5.91 Å². The van der Waals surface area contributed by atoms with Crippen LogP contribution in [0.25, 0.3) is 0 Å². The molecule has 1 aliphatic carbocycles. The number of carbonyl (C=O) groups is 1.